The van der Waals surface area contributed by atoms with E-state index < -0.39 is 0 Å². The Hall–Kier alpha value is -0.450. The van der Waals surface area contributed by atoms with Gasteiger partial charge in [0.15, 0.2) is 0 Å². The van der Waals surface area contributed by atoms with E-state index in [2.05, 4.69) is 35.0 Å². The summed E-state index contributed by atoms with van der Waals surface area (Å²) in [5.41, 5.74) is 1.35. The van der Waals surface area contributed by atoms with Gasteiger partial charge in [0.05, 0.1) is 12.8 Å². The van der Waals surface area contributed by atoms with Crippen molar-refractivity contribution in [2.75, 3.05) is 31.1 Å². The van der Waals surface area contributed by atoms with Gasteiger partial charge >= 0.3 is 0 Å². The summed E-state index contributed by atoms with van der Waals surface area (Å²) < 4.78 is 5.55. The molecule has 0 aliphatic carbocycles. The summed E-state index contributed by atoms with van der Waals surface area (Å²) >= 11 is 2.07. The lowest BCUT2D eigenvalue weighted by molar-refractivity contribution is 0.284. The summed E-state index contributed by atoms with van der Waals surface area (Å²) in [6, 6.07) is 2.12. The van der Waals surface area contributed by atoms with E-state index >= 15 is 0 Å². The average Bonchev–Trinajstić information content (AvgIpc) is 2.61. The van der Waals surface area contributed by atoms with Gasteiger partial charge < -0.3 is 9.73 Å². The van der Waals surface area contributed by atoms with Crippen molar-refractivity contribution in [3.63, 3.8) is 0 Å². The first-order valence-electron chi connectivity index (χ1n) is 6.46. The Morgan fingerprint density at radius 1 is 1.41 bits per heavy atom. The van der Waals surface area contributed by atoms with Gasteiger partial charge in [-0.25, -0.2) is 0 Å². The average molecular weight is 254 g/mol. The predicted octanol–water partition coefficient (Wildman–Crippen LogP) is 2.33. The Kier molecular flexibility index (Phi) is 5.42. The maximum Gasteiger partial charge on any atom is 0.122 e. The van der Waals surface area contributed by atoms with Gasteiger partial charge in [-0.2, -0.15) is 11.8 Å². The van der Waals surface area contributed by atoms with Crippen LogP contribution in [0.15, 0.2) is 16.7 Å². The molecule has 1 aliphatic heterocycles. The van der Waals surface area contributed by atoms with Crippen molar-refractivity contribution in [3.8, 4) is 0 Å². The molecule has 1 aliphatic rings. The molecule has 1 aromatic rings. The van der Waals surface area contributed by atoms with Crippen molar-refractivity contribution in [1.29, 1.82) is 0 Å². The molecule has 96 valence electrons. The van der Waals surface area contributed by atoms with Crippen molar-refractivity contribution >= 4 is 11.8 Å². The smallest absolute Gasteiger partial charge is 0.122 e. The van der Waals surface area contributed by atoms with Gasteiger partial charge in [-0.1, -0.05) is 6.92 Å². The molecule has 1 fully saturated rings. The van der Waals surface area contributed by atoms with Crippen LogP contribution in [0.2, 0.25) is 0 Å². The van der Waals surface area contributed by atoms with E-state index in [4.69, 9.17) is 4.42 Å². The van der Waals surface area contributed by atoms with Crippen LogP contribution in [0.4, 0.5) is 0 Å². The Morgan fingerprint density at radius 2 is 2.35 bits per heavy atom. The largest absolute Gasteiger partial charge is 0.468 e. The fourth-order valence-corrected chi connectivity index (χ4v) is 3.02. The lowest BCUT2D eigenvalue weighted by Gasteiger charge is -2.19. The minimum atomic E-state index is 0.849. The molecule has 0 saturated carbocycles. The Balaban J connectivity index is 1.90. The topological polar surface area (TPSA) is 28.4 Å². The van der Waals surface area contributed by atoms with Gasteiger partial charge in [0.25, 0.3) is 0 Å². The molecule has 1 N–H and O–H groups in total. The molecule has 3 nitrogen and oxygen atoms in total. The molecule has 0 atom stereocenters. The molecule has 17 heavy (non-hydrogen) atoms. The Labute approximate surface area is 108 Å². The molecule has 1 aromatic heterocycles. The van der Waals surface area contributed by atoms with Crippen LogP contribution in [0.25, 0.3) is 0 Å². The zero-order valence-corrected chi connectivity index (χ0v) is 11.4. The van der Waals surface area contributed by atoms with Gasteiger partial charge in [0.2, 0.25) is 0 Å². The van der Waals surface area contributed by atoms with Crippen LogP contribution in [0.1, 0.15) is 24.7 Å². The van der Waals surface area contributed by atoms with Crippen LogP contribution in [-0.4, -0.2) is 36.0 Å². The first kappa shape index (κ1) is 13.0. The number of hydrogen-bond donors (Lipinski definition) is 1. The van der Waals surface area contributed by atoms with Crippen LogP contribution in [-0.2, 0) is 13.1 Å². The monoisotopic (exact) mass is 254 g/mol. The normalized spacial score (nSPS) is 18.2. The van der Waals surface area contributed by atoms with E-state index in [0.29, 0.717) is 0 Å². The standard InChI is InChI=1S/C13H22N2OS/c1-2-14-10-13-12(4-7-16-13)11-15-5-3-8-17-9-6-15/h4,7,14H,2-3,5-6,8-11H2,1H3. The highest BCUT2D eigenvalue weighted by molar-refractivity contribution is 7.99. The molecular weight excluding hydrogens is 232 g/mol. The summed E-state index contributed by atoms with van der Waals surface area (Å²) in [6.07, 6.45) is 3.12. The van der Waals surface area contributed by atoms with Gasteiger partial charge in [-0.15, -0.1) is 0 Å². The number of rotatable bonds is 5. The van der Waals surface area contributed by atoms with Crippen molar-refractivity contribution in [2.45, 2.75) is 26.4 Å². The van der Waals surface area contributed by atoms with Gasteiger partial charge in [0.1, 0.15) is 5.76 Å². The van der Waals surface area contributed by atoms with Crippen molar-refractivity contribution in [3.05, 3.63) is 23.7 Å². The lowest BCUT2D eigenvalue weighted by atomic mass is 10.2. The second-order valence-corrected chi connectivity index (χ2v) is 5.62. The molecule has 2 heterocycles. The third kappa shape index (κ3) is 4.05. The van der Waals surface area contributed by atoms with Gasteiger partial charge in [0, 0.05) is 24.4 Å². The number of thioether (sulfide) groups is 1. The quantitative estimate of drug-likeness (QED) is 0.873. The van der Waals surface area contributed by atoms with Crippen molar-refractivity contribution < 1.29 is 4.42 Å². The first-order chi connectivity index (χ1) is 8.40. The maximum absolute atomic E-state index is 5.55. The third-order valence-corrected chi connectivity index (χ3v) is 4.13. The minimum Gasteiger partial charge on any atom is -0.468 e. The van der Waals surface area contributed by atoms with Crippen molar-refractivity contribution in [1.82, 2.24) is 10.2 Å². The Morgan fingerprint density at radius 3 is 3.24 bits per heavy atom. The lowest BCUT2D eigenvalue weighted by Crippen LogP contribution is -2.26. The number of hydrogen-bond acceptors (Lipinski definition) is 4. The molecule has 0 spiro atoms. The fourth-order valence-electron chi connectivity index (χ4n) is 2.10. The Bertz CT molecular complexity index is 319. The first-order valence-corrected chi connectivity index (χ1v) is 7.61. The van der Waals surface area contributed by atoms with E-state index in [1.54, 1.807) is 0 Å². The SMILES string of the molecule is CCNCc1occc1CN1CCCSCC1. The zero-order chi connectivity index (χ0) is 11.9. The second-order valence-electron chi connectivity index (χ2n) is 4.39. The van der Waals surface area contributed by atoms with Gasteiger partial charge in [-0.3, -0.25) is 4.90 Å². The number of furan rings is 1. The summed E-state index contributed by atoms with van der Waals surface area (Å²) in [6.45, 7) is 7.42. The highest BCUT2D eigenvalue weighted by atomic mass is 32.2. The van der Waals surface area contributed by atoms with Crippen LogP contribution in [0.5, 0.6) is 0 Å². The highest BCUT2D eigenvalue weighted by Crippen LogP contribution is 2.16. The van der Waals surface area contributed by atoms with Gasteiger partial charge in [-0.05, 0) is 31.3 Å². The van der Waals surface area contributed by atoms with Crippen LogP contribution in [0, 0.1) is 0 Å². The summed E-state index contributed by atoms with van der Waals surface area (Å²) in [5, 5.41) is 3.32. The molecule has 1 saturated heterocycles. The molecule has 0 unspecified atom stereocenters. The molecule has 0 aromatic carbocycles. The molecular formula is C13H22N2OS. The maximum atomic E-state index is 5.55. The van der Waals surface area contributed by atoms with Crippen molar-refractivity contribution in [2.24, 2.45) is 0 Å². The fraction of sp³-hybridized carbons (Fsp3) is 0.692. The highest BCUT2D eigenvalue weighted by Gasteiger charge is 2.13. The van der Waals surface area contributed by atoms with Crippen LogP contribution < -0.4 is 5.32 Å². The molecule has 2 rings (SSSR count). The van der Waals surface area contributed by atoms with E-state index in [-0.39, 0.29) is 0 Å². The minimum absolute atomic E-state index is 0.849. The molecule has 0 amide bonds. The van der Waals surface area contributed by atoms with Crippen LogP contribution >= 0.6 is 11.8 Å². The second kappa shape index (κ2) is 7.09. The zero-order valence-electron chi connectivity index (χ0n) is 10.6. The van der Waals surface area contributed by atoms with E-state index in [1.807, 2.05) is 6.26 Å². The summed E-state index contributed by atoms with van der Waals surface area (Å²) in [7, 11) is 0. The van der Waals surface area contributed by atoms with E-state index in [9.17, 15) is 0 Å². The number of nitrogens with zero attached hydrogens (tertiary/aromatic N) is 1. The summed E-state index contributed by atoms with van der Waals surface area (Å²) in [4.78, 5) is 2.54. The number of nitrogens with one attached hydrogen (secondary N) is 1. The van der Waals surface area contributed by atoms with E-state index in [0.717, 1.165) is 25.4 Å². The predicted molar refractivity (Wildman–Crippen MR) is 73.3 cm³/mol. The third-order valence-electron chi connectivity index (χ3n) is 3.08. The molecule has 0 radical (unpaired) electrons. The summed E-state index contributed by atoms with van der Waals surface area (Å²) in [5.74, 6) is 3.68. The van der Waals surface area contributed by atoms with Crippen LogP contribution in [0.3, 0.4) is 0 Å². The van der Waals surface area contributed by atoms with E-state index in [1.165, 1.54) is 36.6 Å². The molecule has 4 heteroatoms. The molecule has 0 bridgehead atoms.